The third-order valence-corrected chi connectivity index (χ3v) is 5.83. The molecule has 1 atom stereocenters. The fraction of sp³-hybridized carbons (Fsp3) is 0.467. The second-order valence-corrected chi connectivity index (χ2v) is 7.33. The predicted molar refractivity (Wildman–Crippen MR) is 86.6 cm³/mol. The highest BCUT2D eigenvalue weighted by Crippen LogP contribution is 2.27. The Balaban J connectivity index is 2.45. The Kier molecular flexibility index (Phi) is 4.58. The van der Waals surface area contributed by atoms with E-state index in [9.17, 15) is 8.42 Å². The Labute approximate surface area is 126 Å². The van der Waals surface area contributed by atoms with Crippen LogP contribution in [0, 0.1) is 5.92 Å². The van der Waals surface area contributed by atoms with Crippen molar-refractivity contribution in [3.63, 3.8) is 0 Å². The van der Waals surface area contributed by atoms with E-state index in [0.29, 0.717) is 35.0 Å². The van der Waals surface area contributed by atoms with Crippen LogP contribution in [0.15, 0.2) is 29.3 Å². The summed E-state index contributed by atoms with van der Waals surface area (Å²) in [5.74, 6) is 0.334. The van der Waals surface area contributed by atoms with Gasteiger partial charge in [-0.3, -0.25) is 0 Å². The standard InChI is InChI=1S/C15H23N3O2S/c1-4-11(3)10-18(5-2)21(19,20)15-9-17-14-8-12(16)6-7-13(14)15/h6-9,11,17H,4-5,10,16H2,1-3H3. The van der Waals surface area contributed by atoms with Gasteiger partial charge >= 0.3 is 0 Å². The van der Waals surface area contributed by atoms with Gasteiger partial charge in [0.2, 0.25) is 10.0 Å². The Morgan fingerprint density at radius 1 is 1.33 bits per heavy atom. The van der Waals surface area contributed by atoms with Crippen molar-refractivity contribution in [3.05, 3.63) is 24.4 Å². The highest BCUT2D eigenvalue weighted by molar-refractivity contribution is 7.89. The minimum Gasteiger partial charge on any atom is -0.399 e. The zero-order valence-electron chi connectivity index (χ0n) is 12.8. The lowest BCUT2D eigenvalue weighted by Gasteiger charge is -2.23. The van der Waals surface area contributed by atoms with E-state index in [1.165, 1.54) is 0 Å². The van der Waals surface area contributed by atoms with Gasteiger partial charge in [-0.15, -0.1) is 0 Å². The van der Waals surface area contributed by atoms with Crippen LogP contribution in [-0.4, -0.2) is 30.8 Å². The third-order valence-electron chi connectivity index (χ3n) is 3.85. The van der Waals surface area contributed by atoms with E-state index < -0.39 is 10.0 Å². The molecule has 6 heteroatoms. The van der Waals surface area contributed by atoms with E-state index in [-0.39, 0.29) is 0 Å². The smallest absolute Gasteiger partial charge is 0.245 e. The molecule has 0 bridgehead atoms. The summed E-state index contributed by atoms with van der Waals surface area (Å²) in [7, 11) is -3.49. The molecule has 0 fully saturated rings. The monoisotopic (exact) mass is 309 g/mol. The van der Waals surface area contributed by atoms with Gasteiger partial charge in [0.25, 0.3) is 0 Å². The fourth-order valence-electron chi connectivity index (χ4n) is 2.34. The Hall–Kier alpha value is -1.53. The van der Waals surface area contributed by atoms with Crippen LogP contribution in [0.25, 0.3) is 10.9 Å². The van der Waals surface area contributed by atoms with Gasteiger partial charge < -0.3 is 10.7 Å². The van der Waals surface area contributed by atoms with Gasteiger partial charge in [0, 0.05) is 35.9 Å². The number of nitrogens with two attached hydrogens (primary N) is 1. The van der Waals surface area contributed by atoms with E-state index >= 15 is 0 Å². The number of anilines is 1. The molecule has 0 radical (unpaired) electrons. The average Bonchev–Trinajstić information content (AvgIpc) is 2.87. The lowest BCUT2D eigenvalue weighted by atomic mass is 10.1. The van der Waals surface area contributed by atoms with Crippen molar-refractivity contribution in [2.45, 2.75) is 32.1 Å². The van der Waals surface area contributed by atoms with Crippen molar-refractivity contribution in [1.29, 1.82) is 0 Å². The molecule has 21 heavy (non-hydrogen) atoms. The minimum absolute atomic E-state index is 0.322. The van der Waals surface area contributed by atoms with Crippen molar-refractivity contribution in [2.24, 2.45) is 5.92 Å². The third kappa shape index (κ3) is 3.06. The summed E-state index contributed by atoms with van der Waals surface area (Å²) in [6, 6.07) is 5.23. The predicted octanol–water partition coefficient (Wildman–Crippen LogP) is 2.81. The van der Waals surface area contributed by atoms with Crippen LogP contribution in [0.4, 0.5) is 5.69 Å². The number of sulfonamides is 1. The molecule has 0 saturated carbocycles. The highest BCUT2D eigenvalue weighted by Gasteiger charge is 2.27. The molecule has 0 aliphatic heterocycles. The molecule has 1 heterocycles. The first-order valence-corrected chi connectivity index (χ1v) is 8.70. The summed E-state index contributed by atoms with van der Waals surface area (Å²) in [5.41, 5.74) is 7.09. The summed E-state index contributed by atoms with van der Waals surface area (Å²) < 4.78 is 27.2. The van der Waals surface area contributed by atoms with Gasteiger partial charge in [-0.05, 0) is 24.1 Å². The highest BCUT2D eigenvalue weighted by atomic mass is 32.2. The molecule has 0 amide bonds. The van der Waals surface area contributed by atoms with Crippen molar-refractivity contribution < 1.29 is 8.42 Å². The van der Waals surface area contributed by atoms with Gasteiger partial charge in [-0.25, -0.2) is 8.42 Å². The molecule has 1 unspecified atom stereocenters. The van der Waals surface area contributed by atoms with Gasteiger partial charge in [-0.1, -0.05) is 27.2 Å². The van der Waals surface area contributed by atoms with Crippen molar-refractivity contribution in [3.8, 4) is 0 Å². The maximum Gasteiger partial charge on any atom is 0.245 e. The summed E-state index contributed by atoms with van der Waals surface area (Å²) in [5, 5.41) is 0.687. The summed E-state index contributed by atoms with van der Waals surface area (Å²) >= 11 is 0. The minimum atomic E-state index is -3.49. The SMILES string of the molecule is CCC(C)CN(CC)S(=O)(=O)c1c[nH]c2cc(N)ccc12. The van der Waals surface area contributed by atoms with E-state index in [0.717, 1.165) is 11.9 Å². The number of nitrogen functional groups attached to an aromatic ring is 1. The fourth-order valence-corrected chi connectivity index (χ4v) is 4.08. The number of hydrogen-bond donors (Lipinski definition) is 2. The largest absolute Gasteiger partial charge is 0.399 e. The zero-order valence-corrected chi connectivity index (χ0v) is 13.6. The van der Waals surface area contributed by atoms with E-state index in [2.05, 4.69) is 18.8 Å². The van der Waals surface area contributed by atoms with E-state index in [1.54, 1.807) is 28.7 Å². The number of H-pyrrole nitrogens is 1. The normalized spacial score (nSPS) is 13.9. The summed E-state index contributed by atoms with van der Waals surface area (Å²) in [4.78, 5) is 3.32. The first-order valence-electron chi connectivity index (χ1n) is 7.26. The van der Waals surface area contributed by atoms with Crippen LogP contribution in [0.5, 0.6) is 0 Å². The molecule has 1 aromatic carbocycles. The Morgan fingerprint density at radius 3 is 2.67 bits per heavy atom. The van der Waals surface area contributed by atoms with E-state index in [1.807, 2.05) is 6.92 Å². The van der Waals surface area contributed by atoms with Crippen LogP contribution < -0.4 is 5.73 Å². The maximum atomic E-state index is 12.8. The molecule has 0 spiro atoms. The number of fused-ring (bicyclic) bond motifs is 1. The maximum absolute atomic E-state index is 12.8. The van der Waals surface area contributed by atoms with Crippen molar-refractivity contribution >= 4 is 26.6 Å². The number of nitrogens with one attached hydrogen (secondary N) is 1. The number of rotatable bonds is 6. The topological polar surface area (TPSA) is 79.2 Å². The quantitative estimate of drug-likeness (QED) is 0.805. The van der Waals surface area contributed by atoms with Gasteiger partial charge in [0.1, 0.15) is 4.90 Å². The van der Waals surface area contributed by atoms with Crippen LogP contribution >= 0.6 is 0 Å². The summed E-state index contributed by atoms with van der Waals surface area (Å²) in [6.45, 7) is 7.01. The second-order valence-electron chi connectivity index (χ2n) is 5.43. The van der Waals surface area contributed by atoms with Gasteiger partial charge in [-0.2, -0.15) is 4.31 Å². The van der Waals surface area contributed by atoms with Gasteiger partial charge in [0.15, 0.2) is 0 Å². The number of aromatic nitrogens is 1. The summed E-state index contributed by atoms with van der Waals surface area (Å²) in [6.07, 6.45) is 2.51. The van der Waals surface area contributed by atoms with Crippen molar-refractivity contribution in [2.75, 3.05) is 18.8 Å². The molecule has 1 aromatic heterocycles. The zero-order chi connectivity index (χ0) is 15.6. The van der Waals surface area contributed by atoms with Crippen molar-refractivity contribution in [1.82, 2.24) is 9.29 Å². The molecule has 0 aliphatic rings. The first-order chi connectivity index (χ1) is 9.90. The molecule has 5 nitrogen and oxygen atoms in total. The number of nitrogens with zero attached hydrogens (tertiary/aromatic N) is 1. The van der Waals surface area contributed by atoms with Crippen LogP contribution in [-0.2, 0) is 10.0 Å². The molecule has 2 aromatic rings. The molecular formula is C15H23N3O2S. The molecule has 116 valence electrons. The van der Waals surface area contributed by atoms with Crippen LogP contribution in [0.3, 0.4) is 0 Å². The lowest BCUT2D eigenvalue weighted by molar-refractivity contribution is 0.362. The average molecular weight is 309 g/mol. The number of aromatic amines is 1. The van der Waals surface area contributed by atoms with Gasteiger partial charge in [0.05, 0.1) is 0 Å². The number of hydrogen-bond acceptors (Lipinski definition) is 3. The van der Waals surface area contributed by atoms with Crippen LogP contribution in [0.2, 0.25) is 0 Å². The molecule has 0 saturated heterocycles. The number of benzene rings is 1. The molecule has 2 rings (SSSR count). The molecule has 3 N–H and O–H groups in total. The lowest BCUT2D eigenvalue weighted by Crippen LogP contribution is -2.34. The van der Waals surface area contributed by atoms with Crippen LogP contribution in [0.1, 0.15) is 27.2 Å². The van der Waals surface area contributed by atoms with E-state index in [4.69, 9.17) is 5.73 Å². The molecular weight excluding hydrogens is 286 g/mol. The second kappa shape index (κ2) is 6.07. The molecule has 0 aliphatic carbocycles. The first kappa shape index (κ1) is 15.9. The Bertz CT molecular complexity index is 722. The Morgan fingerprint density at radius 2 is 2.05 bits per heavy atom.